The summed E-state index contributed by atoms with van der Waals surface area (Å²) in [7, 11) is -3.41. The minimum absolute atomic E-state index is 0.0758. The normalized spacial score (nSPS) is 16.2. The van der Waals surface area contributed by atoms with Crippen LogP contribution in [0.25, 0.3) is 0 Å². The number of rotatable bonds is 7. The van der Waals surface area contributed by atoms with E-state index in [1.807, 2.05) is 0 Å². The van der Waals surface area contributed by atoms with Crippen LogP contribution in [0.1, 0.15) is 47.3 Å². The van der Waals surface area contributed by atoms with Crippen molar-refractivity contribution in [2.45, 2.75) is 48.7 Å². The molecule has 5 nitrogen and oxygen atoms in total. The van der Waals surface area contributed by atoms with Crippen molar-refractivity contribution < 1.29 is 44.7 Å². The SMILES string of the molecule is C[C@@H](NC(=O)c1ccc(C(O)(C(F)(F)F)C(F)(F)F)cc1)c1ccc(S(=O)(=O)CC2CC2)cc1. The molecule has 0 radical (unpaired) electrons. The zero-order chi connectivity index (χ0) is 25.5. The van der Waals surface area contributed by atoms with Crippen molar-refractivity contribution >= 4 is 15.7 Å². The molecule has 1 saturated carbocycles. The molecule has 2 aromatic rings. The molecule has 0 spiro atoms. The molecule has 1 aliphatic rings. The van der Waals surface area contributed by atoms with E-state index in [0.717, 1.165) is 25.0 Å². The maximum atomic E-state index is 13.0. The number of aliphatic hydroxyl groups is 1. The van der Waals surface area contributed by atoms with E-state index < -0.39 is 45.3 Å². The molecule has 12 heteroatoms. The van der Waals surface area contributed by atoms with E-state index in [0.29, 0.717) is 17.7 Å². The lowest BCUT2D eigenvalue weighted by molar-refractivity contribution is -0.376. The Morgan fingerprint density at radius 1 is 0.971 bits per heavy atom. The van der Waals surface area contributed by atoms with Crippen molar-refractivity contribution in [3.63, 3.8) is 0 Å². The number of carbonyl (C=O) groups excluding carboxylic acids is 1. The van der Waals surface area contributed by atoms with Gasteiger partial charge in [-0.25, -0.2) is 8.42 Å². The van der Waals surface area contributed by atoms with Crippen LogP contribution in [-0.4, -0.2) is 37.5 Å². The second kappa shape index (κ2) is 8.88. The van der Waals surface area contributed by atoms with Crippen molar-refractivity contribution in [1.82, 2.24) is 5.32 Å². The molecular formula is C22H21F6NO4S. The zero-order valence-electron chi connectivity index (χ0n) is 17.7. The number of benzene rings is 2. The van der Waals surface area contributed by atoms with Gasteiger partial charge in [0.05, 0.1) is 16.7 Å². The monoisotopic (exact) mass is 509 g/mol. The van der Waals surface area contributed by atoms with E-state index in [1.54, 1.807) is 6.92 Å². The van der Waals surface area contributed by atoms with Crippen LogP contribution >= 0.6 is 0 Å². The van der Waals surface area contributed by atoms with Crippen molar-refractivity contribution in [2.24, 2.45) is 5.92 Å². The zero-order valence-corrected chi connectivity index (χ0v) is 18.6. The highest BCUT2D eigenvalue weighted by Gasteiger charge is 2.71. The number of halogens is 6. The maximum Gasteiger partial charge on any atom is 0.430 e. The van der Waals surface area contributed by atoms with Crippen molar-refractivity contribution in [1.29, 1.82) is 0 Å². The van der Waals surface area contributed by atoms with Crippen LogP contribution in [0, 0.1) is 5.92 Å². The number of carbonyl (C=O) groups is 1. The molecule has 186 valence electrons. The molecule has 2 N–H and O–H groups in total. The lowest BCUT2D eigenvalue weighted by Gasteiger charge is -2.32. The number of nitrogens with one attached hydrogen (secondary N) is 1. The minimum Gasteiger partial charge on any atom is -0.369 e. The molecule has 34 heavy (non-hydrogen) atoms. The largest absolute Gasteiger partial charge is 0.430 e. The number of amides is 1. The molecule has 2 aromatic carbocycles. The van der Waals surface area contributed by atoms with Gasteiger partial charge in [-0.2, -0.15) is 26.3 Å². The first kappa shape index (κ1) is 26.0. The fourth-order valence-electron chi connectivity index (χ4n) is 3.37. The number of alkyl halides is 6. The summed E-state index contributed by atoms with van der Waals surface area (Å²) in [5.74, 6) is -0.531. The van der Waals surface area contributed by atoms with Gasteiger partial charge < -0.3 is 10.4 Å². The van der Waals surface area contributed by atoms with Crippen LogP contribution < -0.4 is 5.32 Å². The second-order valence-electron chi connectivity index (χ2n) is 8.27. The number of hydrogen-bond donors (Lipinski definition) is 2. The van der Waals surface area contributed by atoms with Gasteiger partial charge in [0.25, 0.3) is 11.5 Å². The molecule has 1 amide bonds. The Balaban J connectivity index is 1.72. The Labute approximate surface area is 191 Å². The van der Waals surface area contributed by atoms with E-state index in [9.17, 15) is 44.7 Å². The van der Waals surface area contributed by atoms with Gasteiger partial charge in [0.1, 0.15) is 0 Å². The summed E-state index contributed by atoms with van der Waals surface area (Å²) < 4.78 is 103. The van der Waals surface area contributed by atoms with Crippen molar-refractivity contribution in [3.05, 3.63) is 65.2 Å². The van der Waals surface area contributed by atoms with Gasteiger partial charge in [0.2, 0.25) is 0 Å². The number of sulfone groups is 1. The van der Waals surface area contributed by atoms with E-state index >= 15 is 0 Å². The molecule has 1 aliphatic carbocycles. The van der Waals surface area contributed by atoms with E-state index in [1.165, 1.54) is 24.3 Å². The molecule has 0 aromatic heterocycles. The standard InChI is InChI=1S/C22H21F6NO4S/c1-13(15-6-10-18(11-7-15)34(32,33)12-14-2-3-14)29-19(30)16-4-8-17(9-5-16)20(31,21(23,24)25)22(26,27)28/h4-11,13-14,31H,2-3,12H2,1H3,(H,29,30)/t13-/m1/s1. The quantitative estimate of drug-likeness (QED) is 0.532. The number of hydrogen-bond acceptors (Lipinski definition) is 4. The molecule has 3 rings (SSSR count). The van der Waals surface area contributed by atoms with Crippen LogP contribution in [0.4, 0.5) is 26.3 Å². The lowest BCUT2D eigenvalue weighted by atomic mass is 9.91. The molecule has 0 bridgehead atoms. The Morgan fingerprint density at radius 3 is 1.91 bits per heavy atom. The van der Waals surface area contributed by atoms with Crippen LogP contribution in [0.15, 0.2) is 53.4 Å². The van der Waals surface area contributed by atoms with Gasteiger partial charge in [0, 0.05) is 11.1 Å². The Morgan fingerprint density at radius 2 is 1.47 bits per heavy atom. The molecule has 0 heterocycles. The van der Waals surface area contributed by atoms with Crippen LogP contribution in [-0.2, 0) is 15.4 Å². The molecule has 0 unspecified atom stereocenters. The first-order valence-electron chi connectivity index (χ1n) is 10.2. The predicted octanol–water partition coefficient (Wildman–Crippen LogP) is 4.67. The third kappa shape index (κ3) is 5.22. The van der Waals surface area contributed by atoms with Crippen LogP contribution in [0.2, 0.25) is 0 Å². The average molecular weight is 509 g/mol. The summed E-state index contributed by atoms with van der Waals surface area (Å²) >= 11 is 0. The summed E-state index contributed by atoms with van der Waals surface area (Å²) in [6.07, 6.45) is -10.3. The van der Waals surface area contributed by atoms with Gasteiger partial charge in [0.15, 0.2) is 9.84 Å². The highest BCUT2D eigenvalue weighted by molar-refractivity contribution is 7.91. The summed E-state index contributed by atoms with van der Waals surface area (Å²) in [5.41, 5.74) is -6.24. The first-order valence-corrected chi connectivity index (χ1v) is 11.8. The predicted molar refractivity (Wildman–Crippen MR) is 110 cm³/mol. The molecule has 0 saturated heterocycles. The van der Waals surface area contributed by atoms with Gasteiger partial charge in [-0.15, -0.1) is 0 Å². The second-order valence-corrected chi connectivity index (χ2v) is 10.3. The summed E-state index contributed by atoms with van der Waals surface area (Å²) in [5, 5.41) is 12.0. The maximum absolute atomic E-state index is 13.0. The van der Waals surface area contributed by atoms with Gasteiger partial charge >= 0.3 is 12.4 Å². The molecule has 0 aliphatic heterocycles. The first-order chi connectivity index (χ1) is 15.6. The third-order valence-corrected chi connectivity index (χ3v) is 7.52. The highest BCUT2D eigenvalue weighted by atomic mass is 32.2. The lowest BCUT2D eigenvalue weighted by Crippen LogP contribution is -2.53. The Bertz CT molecular complexity index is 1120. The van der Waals surface area contributed by atoms with Crippen LogP contribution in [0.5, 0.6) is 0 Å². The molecule has 1 atom stereocenters. The topological polar surface area (TPSA) is 83.5 Å². The van der Waals surface area contributed by atoms with E-state index in [-0.39, 0.29) is 22.1 Å². The van der Waals surface area contributed by atoms with Gasteiger partial charge in [-0.1, -0.05) is 24.3 Å². The average Bonchev–Trinajstić information content (AvgIpc) is 3.55. The smallest absolute Gasteiger partial charge is 0.369 e. The van der Waals surface area contributed by atoms with Crippen molar-refractivity contribution in [3.8, 4) is 0 Å². The Hall–Kier alpha value is -2.60. The van der Waals surface area contributed by atoms with E-state index in [2.05, 4.69) is 5.32 Å². The molecular weight excluding hydrogens is 488 g/mol. The summed E-state index contributed by atoms with van der Waals surface area (Å²) in [4.78, 5) is 12.6. The molecule has 1 fully saturated rings. The highest BCUT2D eigenvalue weighted by Crippen LogP contribution is 2.49. The summed E-state index contributed by atoms with van der Waals surface area (Å²) in [6, 6.07) is 7.48. The summed E-state index contributed by atoms with van der Waals surface area (Å²) in [6.45, 7) is 1.58. The van der Waals surface area contributed by atoms with Gasteiger partial charge in [-0.05, 0) is 55.5 Å². The minimum atomic E-state index is -6.03. The van der Waals surface area contributed by atoms with E-state index in [4.69, 9.17) is 0 Å². The van der Waals surface area contributed by atoms with Gasteiger partial charge in [-0.3, -0.25) is 4.79 Å². The fourth-order valence-corrected chi connectivity index (χ4v) is 5.07. The third-order valence-electron chi connectivity index (χ3n) is 5.62. The van der Waals surface area contributed by atoms with Crippen LogP contribution in [0.3, 0.4) is 0 Å². The fraction of sp³-hybridized carbons (Fsp3) is 0.409. The Kier molecular flexibility index (Phi) is 6.79. The van der Waals surface area contributed by atoms with Crippen molar-refractivity contribution in [2.75, 3.05) is 5.75 Å².